The molecule has 7 nitrogen and oxygen atoms in total. The number of benzene rings is 2. The molecule has 138 valence electrons. The van der Waals surface area contributed by atoms with Crippen LogP contribution in [0.5, 0.6) is 17.2 Å². The smallest absolute Gasteiger partial charge is 0.269 e. The molecule has 2 aromatic rings. The Bertz CT molecular complexity index is 754. The zero-order chi connectivity index (χ0) is 18.9. The van der Waals surface area contributed by atoms with E-state index in [-0.39, 0.29) is 12.3 Å². The van der Waals surface area contributed by atoms with Crippen molar-refractivity contribution < 1.29 is 23.8 Å². The summed E-state index contributed by atoms with van der Waals surface area (Å²) in [6, 6.07) is 12.2. The average Bonchev–Trinajstić information content (AvgIpc) is 2.69. The van der Waals surface area contributed by atoms with Crippen molar-refractivity contribution in [3.05, 3.63) is 53.6 Å². The van der Waals surface area contributed by atoms with Crippen molar-refractivity contribution in [3.63, 3.8) is 0 Å². The van der Waals surface area contributed by atoms with Gasteiger partial charge >= 0.3 is 0 Å². The Kier molecular flexibility index (Phi) is 6.84. The topological polar surface area (TPSA) is 85.9 Å². The molecule has 7 heteroatoms. The van der Waals surface area contributed by atoms with Gasteiger partial charge in [0.15, 0.2) is 0 Å². The molecule has 0 bridgehead atoms. The summed E-state index contributed by atoms with van der Waals surface area (Å²) in [5, 5.41) is 0. The molecule has 2 rings (SSSR count). The van der Waals surface area contributed by atoms with Crippen LogP contribution in [0.4, 0.5) is 0 Å². The summed E-state index contributed by atoms with van der Waals surface area (Å²) in [4.78, 5) is 24.2. The lowest BCUT2D eigenvalue weighted by Gasteiger charge is -2.11. The standard InChI is InChI=1S/C19H22N2O5/c1-24-15-10-14(11-16(12-15)25-2)19(23)21-20-18(22)9-8-13-6-4-5-7-17(13)26-3/h4-7,10-12H,8-9H2,1-3H3,(H,20,22)(H,21,23). The zero-order valence-electron chi connectivity index (χ0n) is 15.0. The maximum atomic E-state index is 12.2. The van der Waals surface area contributed by atoms with Gasteiger partial charge in [0.2, 0.25) is 5.91 Å². The molecule has 0 aromatic heterocycles. The van der Waals surface area contributed by atoms with Gasteiger partial charge in [-0.25, -0.2) is 0 Å². The summed E-state index contributed by atoms with van der Waals surface area (Å²) in [5.74, 6) is 0.925. The number of ether oxygens (including phenoxy) is 3. The predicted molar refractivity (Wildman–Crippen MR) is 96.5 cm³/mol. The van der Waals surface area contributed by atoms with Crippen molar-refractivity contribution >= 4 is 11.8 Å². The Morgan fingerprint density at radius 3 is 2.15 bits per heavy atom. The van der Waals surface area contributed by atoms with Gasteiger partial charge in [-0.15, -0.1) is 0 Å². The van der Waals surface area contributed by atoms with Crippen molar-refractivity contribution in [3.8, 4) is 17.2 Å². The van der Waals surface area contributed by atoms with E-state index in [1.165, 1.54) is 14.2 Å². The average molecular weight is 358 g/mol. The number of rotatable bonds is 7. The fourth-order valence-electron chi connectivity index (χ4n) is 2.36. The summed E-state index contributed by atoms with van der Waals surface area (Å²) in [5.41, 5.74) is 6.02. The first kappa shape index (κ1) is 19.1. The largest absolute Gasteiger partial charge is 0.497 e. The lowest BCUT2D eigenvalue weighted by atomic mass is 10.1. The molecular weight excluding hydrogens is 336 g/mol. The Morgan fingerprint density at radius 1 is 0.885 bits per heavy atom. The number of aryl methyl sites for hydroxylation is 1. The Labute approximate surface area is 152 Å². The number of nitrogens with one attached hydrogen (secondary N) is 2. The van der Waals surface area contributed by atoms with Crippen molar-refractivity contribution in [2.75, 3.05) is 21.3 Å². The second-order valence-corrected chi connectivity index (χ2v) is 5.42. The molecule has 0 aliphatic carbocycles. The summed E-state index contributed by atoms with van der Waals surface area (Å²) in [6.07, 6.45) is 0.709. The van der Waals surface area contributed by atoms with Crippen LogP contribution < -0.4 is 25.1 Å². The molecule has 2 aromatic carbocycles. The van der Waals surface area contributed by atoms with Crippen LogP contribution in [0.2, 0.25) is 0 Å². The van der Waals surface area contributed by atoms with Crippen molar-refractivity contribution in [1.29, 1.82) is 0 Å². The summed E-state index contributed by atoms with van der Waals surface area (Å²) in [6.45, 7) is 0. The van der Waals surface area contributed by atoms with E-state index in [0.29, 0.717) is 23.5 Å². The Balaban J connectivity index is 1.90. The van der Waals surface area contributed by atoms with Gasteiger partial charge in [-0.1, -0.05) is 18.2 Å². The van der Waals surface area contributed by atoms with E-state index >= 15 is 0 Å². The molecule has 0 saturated heterocycles. The van der Waals surface area contributed by atoms with Gasteiger partial charge in [-0.3, -0.25) is 20.4 Å². The minimum atomic E-state index is -0.465. The fourth-order valence-corrected chi connectivity index (χ4v) is 2.36. The van der Waals surface area contributed by atoms with Crippen LogP contribution in [0.15, 0.2) is 42.5 Å². The van der Waals surface area contributed by atoms with Gasteiger partial charge in [0.1, 0.15) is 17.2 Å². The molecule has 0 heterocycles. The number of hydrazine groups is 1. The monoisotopic (exact) mass is 358 g/mol. The first-order valence-electron chi connectivity index (χ1n) is 8.01. The first-order valence-corrected chi connectivity index (χ1v) is 8.01. The molecule has 26 heavy (non-hydrogen) atoms. The van der Waals surface area contributed by atoms with E-state index in [0.717, 1.165) is 11.3 Å². The third-order valence-electron chi connectivity index (χ3n) is 3.74. The van der Waals surface area contributed by atoms with Gasteiger partial charge in [-0.2, -0.15) is 0 Å². The highest BCUT2D eigenvalue weighted by atomic mass is 16.5. The van der Waals surface area contributed by atoms with Gasteiger partial charge in [0.05, 0.1) is 21.3 Å². The number of methoxy groups -OCH3 is 3. The van der Waals surface area contributed by atoms with Crippen LogP contribution in [-0.2, 0) is 11.2 Å². The number of carbonyl (C=O) groups excluding carboxylic acids is 2. The molecule has 0 aliphatic heterocycles. The minimum Gasteiger partial charge on any atom is -0.497 e. The third-order valence-corrected chi connectivity index (χ3v) is 3.74. The normalized spacial score (nSPS) is 9.96. The van der Waals surface area contributed by atoms with Gasteiger partial charge in [0, 0.05) is 18.1 Å². The maximum absolute atomic E-state index is 12.2. The summed E-state index contributed by atoms with van der Waals surface area (Å²) in [7, 11) is 4.58. The number of hydrogen-bond donors (Lipinski definition) is 2. The molecule has 0 aliphatic rings. The van der Waals surface area contributed by atoms with Crippen LogP contribution >= 0.6 is 0 Å². The van der Waals surface area contributed by atoms with Crippen LogP contribution in [0.3, 0.4) is 0 Å². The molecular formula is C19H22N2O5. The van der Waals surface area contributed by atoms with Crippen molar-refractivity contribution in [2.45, 2.75) is 12.8 Å². The highest BCUT2D eigenvalue weighted by molar-refractivity contribution is 5.96. The molecule has 0 radical (unpaired) electrons. The van der Waals surface area contributed by atoms with Crippen molar-refractivity contribution in [1.82, 2.24) is 10.9 Å². The van der Waals surface area contributed by atoms with Gasteiger partial charge in [0.25, 0.3) is 5.91 Å². The zero-order valence-corrected chi connectivity index (χ0v) is 15.0. The Morgan fingerprint density at radius 2 is 1.54 bits per heavy atom. The summed E-state index contributed by atoms with van der Waals surface area (Å²) >= 11 is 0. The lowest BCUT2D eigenvalue weighted by Crippen LogP contribution is -2.41. The highest BCUT2D eigenvalue weighted by Crippen LogP contribution is 2.22. The van der Waals surface area contributed by atoms with E-state index in [1.807, 2.05) is 24.3 Å². The molecule has 0 fully saturated rings. The molecule has 0 unspecified atom stereocenters. The van der Waals surface area contributed by atoms with Gasteiger partial charge < -0.3 is 14.2 Å². The molecule has 0 spiro atoms. The van der Waals surface area contributed by atoms with E-state index in [2.05, 4.69) is 10.9 Å². The minimum absolute atomic E-state index is 0.210. The highest BCUT2D eigenvalue weighted by Gasteiger charge is 2.11. The third kappa shape index (κ3) is 5.14. The lowest BCUT2D eigenvalue weighted by molar-refractivity contribution is -0.121. The van der Waals surface area contributed by atoms with E-state index in [1.54, 1.807) is 25.3 Å². The van der Waals surface area contributed by atoms with Crippen LogP contribution in [0.1, 0.15) is 22.3 Å². The quantitative estimate of drug-likeness (QED) is 0.741. The number of amides is 2. The fraction of sp³-hybridized carbons (Fsp3) is 0.263. The SMILES string of the molecule is COc1cc(OC)cc(C(=O)NNC(=O)CCc2ccccc2OC)c1. The molecule has 0 atom stereocenters. The van der Waals surface area contributed by atoms with Crippen LogP contribution in [0.25, 0.3) is 0 Å². The number of para-hydroxylation sites is 1. The van der Waals surface area contributed by atoms with E-state index < -0.39 is 5.91 Å². The number of carbonyl (C=O) groups is 2. The molecule has 2 amide bonds. The summed E-state index contributed by atoms with van der Waals surface area (Å²) < 4.78 is 15.5. The second-order valence-electron chi connectivity index (χ2n) is 5.42. The predicted octanol–water partition coefficient (Wildman–Crippen LogP) is 2.11. The van der Waals surface area contributed by atoms with Crippen LogP contribution in [-0.4, -0.2) is 33.1 Å². The maximum Gasteiger partial charge on any atom is 0.269 e. The molecule has 2 N–H and O–H groups in total. The van der Waals surface area contributed by atoms with Crippen molar-refractivity contribution in [2.24, 2.45) is 0 Å². The van der Waals surface area contributed by atoms with E-state index in [9.17, 15) is 9.59 Å². The Hall–Kier alpha value is -3.22. The van der Waals surface area contributed by atoms with E-state index in [4.69, 9.17) is 14.2 Å². The van der Waals surface area contributed by atoms with Crippen LogP contribution in [0, 0.1) is 0 Å². The van der Waals surface area contributed by atoms with Gasteiger partial charge in [-0.05, 0) is 30.2 Å². The number of hydrogen-bond acceptors (Lipinski definition) is 5. The first-order chi connectivity index (χ1) is 12.6. The molecule has 0 saturated carbocycles. The second kappa shape index (κ2) is 9.31.